The number of hydrogen-bond donors (Lipinski definition) is 1. The van der Waals surface area contributed by atoms with Crippen LogP contribution in [0.15, 0.2) is 66.4 Å². The number of carbonyl (C=O) groups excluding carboxylic acids is 1. The van der Waals surface area contributed by atoms with Crippen LogP contribution in [-0.2, 0) is 22.6 Å². The van der Waals surface area contributed by atoms with E-state index in [-0.39, 0.29) is 5.97 Å². The van der Waals surface area contributed by atoms with E-state index in [1.165, 1.54) is 5.56 Å². The van der Waals surface area contributed by atoms with Crippen LogP contribution in [0, 0.1) is 0 Å². The van der Waals surface area contributed by atoms with Crippen LogP contribution in [0.5, 0.6) is 0 Å². The van der Waals surface area contributed by atoms with E-state index in [0.29, 0.717) is 12.3 Å². The fraction of sp³-hybridized carbons (Fsp3) is 0.118. The van der Waals surface area contributed by atoms with Crippen LogP contribution in [0.2, 0.25) is 0 Å². The number of nitrogens with one attached hydrogen (secondary N) is 1. The number of allylic oxidation sites excluding steroid dienone is 1. The van der Waals surface area contributed by atoms with E-state index < -0.39 is 0 Å². The summed E-state index contributed by atoms with van der Waals surface area (Å²) >= 11 is 0. The molecule has 1 N–H and O–H groups in total. The van der Waals surface area contributed by atoms with E-state index in [4.69, 9.17) is 4.74 Å². The summed E-state index contributed by atoms with van der Waals surface area (Å²) in [5.41, 5.74) is 3.66. The minimum Gasteiger partial charge on any atom is -0.456 e. The average Bonchev–Trinajstić information content (AvgIpc) is 2.53. The monoisotopic (exact) mass is 265 g/mol. The molecule has 0 fully saturated rings. The van der Waals surface area contributed by atoms with Crippen molar-refractivity contribution in [3.63, 3.8) is 0 Å². The van der Waals surface area contributed by atoms with Gasteiger partial charge in [-0.15, -0.1) is 0 Å². The van der Waals surface area contributed by atoms with Gasteiger partial charge in [0.05, 0.1) is 0 Å². The Morgan fingerprint density at radius 3 is 2.65 bits per heavy atom. The summed E-state index contributed by atoms with van der Waals surface area (Å²) in [4.78, 5) is 12.0. The number of para-hydroxylation sites is 1. The first kappa shape index (κ1) is 12.5. The van der Waals surface area contributed by atoms with Gasteiger partial charge in [0.1, 0.15) is 12.3 Å². The first-order valence-electron chi connectivity index (χ1n) is 6.59. The Morgan fingerprint density at radius 1 is 1.05 bits per heavy atom. The molecule has 1 aliphatic rings. The van der Waals surface area contributed by atoms with Crippen LogP contribution in [0.3, 0.4) is 0 Å². The second-order valence-electron chi connectivity index (χ2n) is 4.67. The maximum atomic E-state index is 12.0. The van der Waals surface area contributed by atoms with Crippen molar-refractivity contribution in [1.29, 1.82) is 0 Å². The first-order valence-corrected chi connectivity index (χ1v) is 6.59. The van der Waals surface area contributed by atoms with Crippen molar-refractivity contribution in [3.8, 4) is 0 Å². The number of ether oxygens (including phenoxy) is 1. The molecule has 0 bridgehead atoms. The SMILES string of the molecule is O=C(OCc1ccccc1)C1=CCc2ccccc2N1. The zero-order valence-corrected chi connectivity index (χ0v) is 11.0. The van der Waals surface area contributed by atoms with Crippen LogP contribution >= 0.6 is 0 Å². The van der Waals surface area contributed by atoms with Crippen LogP contribution in [0.4, 0.5) is 5.69 Å². The third kappa shape index (κ3) is 2.72. The lowest BCUT2D eigenvalue weighted by Gasteiger charge is -2.18. The molecule has 0 aliphatic carbocycles. The Bertz CT molecular complexity index is 647. The minimum absolute atomic E-state index is 0.292. The lowest BCUT2D eigenvalue weighted by molar-refractivity contribution is -0.140. The minimum atomic E-state index is -0.316. The van der Waals surface area contributed by atoms with Gasteiger partial charge in [-0.2, -0.15) is 0 Å². The quantitative estimate of drug-likeness (QED) is 0.865. The van der Waals surface area contributed by atoms with Crippen molar-refractivity contribution < 1.29 is 9.53 Å². The van der Waals surface area contributed by atoms with Gasteiger partial charge in [-0.1, -0.05) is 48.5 Å². The third-order valence-electron chi connectivity index (χ3n) is 3.25. The molecule has 2 aromatic rings. The number of rotatable bonds is 3. The summed E-state index contributed by atoms with van der Waals surface area (Å²) in [5, 5.41) is 3.12. The van der Waals surface area contributed by atoms with E-state index in [9.17, 15) is 4.79 Å². The second-order valence-corrected chi connectivity index (χ2v) is 4.67. The van der Waals surface area contributed by atoms with Gasteiger partial charge in [0, 0.05) is 5.69 Å². The molecule has 2 aromatic carbocycles. The molecule has 100 valence electrons. The predicted octanol–water partition coefficient (Wildman–Crippen LogP) is 3.28. The number of esters is 1. The standard InChI is InChI=1S/C17H15NO2/c19-17(20-12-13-6-2-1-3-7-13)16-11-10-14-8-4-5-9-15(14)18-16/h1-9,11,18H,10,12H2. The molecule has 20 heavy (non-hydrogen) atoms. The average molecular weight is 265 g/mol. The smallest absolute Gasteiger partial charge is 0.354 e. The second kappa shape index (κ2) is 5.61. The van der Waals surface area contributed by atoms with Gasteiger partial charge in [0.25, 0.3) is 0 Å². The van der Waals surface area contributed by atoms with Crippen molar-refractivity contribution in [2.45, 2.75) is 13.0 Å². The topological polar surface area (TPSA) is 38.3 Å². The lowest BCUT2D eigenvalue weighted by atomic mass is 10.1. The fourth-order valence-corrected chi connectivity index (χ4v) is 2.16. The van der Waals surface area contributed by atoms with E-state index in [2.05, 4.69) is 5.32 Å². The molecule has 3 rings (SSSR count). The molecule has 1 heterocycles. The summed E-state index contributed by atoms with van der Waals surface area (Å²) in [6.45, 7) is 0.292. The number of fused-ring (bicyclic) bond motifs is 1. The van der Waals surface area contributed by atoms with E-state index >= 15 is 0 Å². The van der Waals surface area contributed by atoms with Gasteiger partial charge < -0.3 is 10.1 Å². The summed E-state index contributed by atoms with van der Waals surface area (Å²) < 4.78 is 5.31. The summed E-state index contributed by atoms with van der Waals surface area (Å²) in [6.07, 6.45) is 2.62. The molecule has 0 amide bonds. The van der Waals surface area contributed by atoms with Crippen molar-refractivity contribution in [2.24, 2.45) is 0 Å². The first-order chi connectivity index (χ1) is 9.83. The zero-order chi connectivity index (χ0) is 13.8. The highest BCUT2D eigenvalue weighted by Gasteiger charge is 2.16. The molecular formula is C17H15NO2. The maximum absolute atomic E-state index is 12.0. The van der Waals surface area contributed by atoms with Gasteiger partial charge >= 0.3 is 5.97 Å². The Morgan fingerprint density at radius 2 is 1.80 bits per heavy atom. The van der Waals surface area contributed by atoms with E-state index in [1.54, 1.807) is 0 Å². The molecular weight excluding hydrogens is 250 g/mol. The fourth-order valence-electron chi connectivity index (χ4n) is 2.16. The Hall–Kier alpha value is -2.55. The molecule has 0 aromatic heterocycles. The van der Waals surface area contributed by atoms with E-state index in [0.717, 1.165) is 17.7 Å². The highest BCUT2D eigenvalue weighted by Crippen LogP contribution is 2.23. The Kier molecular flexibility index (Phi) is 3.50. The van der Waals surface area contributed by atoms with Crippen LogP contribution in [0.1, 0.15) is 11.1 Å². The van der Waals surface area contributed by atoms with Crippen molar-refractivity contribution in [2.75, 3.05) is 5.32 Å². The Balaban J connectivity index is 1.63. The molecule has 0 saturated carbocycles. The van der Waals surface area contributed by atoms with E-state index in [1.807, 2.05) is 60.7 Å². The number of anilines is 1. The number of hydrogen-bond acceptors (Lipinski definition) is 3. The van der Waals surface area contributed by atoms with Crippen molar-refractivity contribution in [1.82, 2.24) is 0 Å². The molecule has 0 unspecified atom stereocenters. The van der Waals surface area contributed by atoms with Gasteiger partial charge in [-0.3, -0.25) is 0 Å². The van der Waals surface area contributed by atoms with Gasteiger partial charge in [0.15, 0.2) is 0 Å². The third-order valence-corrected chi connectivity index (χ3v) is 3.25. The maximum Gasteiger partial charge on any atom is 0.354 e. The Labute approximate surface area is 117 Å². The van der Waals surface area contributed by atoms with Gasteiger partial charge in [0.2, 0.25) is 0 Å². The van der Waals surface area contributed by atoms with Gasteiger partial charge in [-0.05, 0) is 29.7 Å². The molecule has 0 atom stereocenters. The number of carbonyl (C=O) groups is 1. The van der Waals surface area contributed by atoms with Crippen LogP contribution in [-0.4, -0.2) is 5.97 Å². The highest BCUT2D eigenvalue weighted by atomic mass is 16.5. The highest BCUT2D eigenvalue weighted by molar-refractivity contribution is 5.93. The molecule has 0 saturated heterocycles. The summed E-state index contributed by atoms with van der Waals surface area (Å²) in [5.74, 6) is -0.316. The zero-order valence-electron chi connectivity index (χ0n) is 11.0. The molecule has 3 heteroatoms. The largest absolute Gasteiger partial charge is 0.456 e. The molecule has 3 nitrogen and oxygen atoms in total. The predicted molar refractivity (Wildman–Crippen MR) is 78.1 cm³/mol. The lowest BCUT2D eigenvalue weighted by Crippen LogP contribution is -2.18. The van der Waals surface area contributed by atoms with Crippen LogP contribution in [0.25, 0.3) is 0 Å². The summed E-state index contributed by atoms with van der Waals surface area (Å²) in [7, 11) is 0. The summed E-state index contributed by atoms with van der Waals surface area (Å²) in [6, 6.07) is 17.6. The number of benzene rings is 2. The van der Waals surface area contributed by atoms with Crippen molar-refractivity contribution >= 4 is 11.7 Å². The molecule has 0 radical (unpaired) electrons. The molecule has 1 aliphatic heterocycles. The molecule has 0 spiro atoms. The van der Waals surface area contributed by atoms with Crippen molar-refractivity contribution in [3.05, 3.63) is 77.5 Å². The normalized spacial score (nSPS) is 12.9. The van der Waals surface area contributed by atoms with Crippen LogP contribution < -0.4 is 5.32 Å². The van der Waals surface area contributed by atoms with Gasteiger partial charge in [-0.25, -0.2) is 4.79 Å².